The molecule has 0 aromatic carbocycles. The Morgan fingerprint density at radius 1 is 1.31 bits per heavy atom. The number of alkyl halides is 1. The van der Waals surface area contributed by atoms with E-state index in [4.69, 9.17) is 62.8 Å². The Balaban J connectivity index is 1.38. The summed E-state index contributed by atoms with van der Waals surface area (Å²) in [5.74, 6) is -0.859. The van der Waals surface area contributed by atoms with Crippen LogP contribution in [0.1, 0.15) is 32.3 Å². The Labute approximate surface area is 298 Å². The predicted octanol–water partition coefficient (Wildman–Crippen LogP) is 3.27. The SMILES string of the molecule is [C-]#[N+]c1cnc2c(c1)nc1n2CCOP(=S)(OCCC#N)OC[C@H]2O[C@@H](n3cnc4c(=O)[nH]c(NC(=O)C(C)C)nc43)[C@H](OP(O)(=S)OC1)[C@@H]2F. The number of aromatic nitrogens is 7. The summed E-state index contributed by atoms with van der Waals surface area (Å²) in [5.41, 5.74) is -0.0536. The lowest BCUT2D eigenvalue weighted by molar-refractivity contribution is -0.118. The molecule has 4 aromatic rings. The van der Waals surface area contributed by atoms with Crippen LogP contribution in [0.4, 0.5) is 16.0 Å². The molecule has 0 radical (unpaired) electrons. The Hall–Kier alpha value is -3.63. The first-order chi connectivity index (χ1) is 24.3. The summed E-state index contributed by atoms with van der Waals surface area (Å²) in [6, 6.07) is 3.46. The Kier molecular flexibility index (Phi) is 11.0. The lowest BCUT2D eigenvalue weighted by Crippen LogP contribution is -2.32. The molecule has 0 saturated carbocycles. The van der Waals surface area contributed by atoms with Crippen LogP contribution in [-0.4, -0.2) is 83.1 Å². The first-order valence-corrected chi connectivity index (χ1v) is 20.3. The number of hydrogen-bond acceptors (Lipinski definition) is 15. The van der Waals surface area contributed by atoms with Gasteiger partial charge >= 0.3 is 13.4 Å². The Bertz CT molecular complexity index is 2220. The summed E-state index contributed by atoms with van der Waals surface area (Å²) in [6.45, 7) is 1.54. The molecule has 2 unspecified atom stereocenters. The third-order valence-electron chi connectivity index (χ3n) is 7.55. The van der Waals surface area contributed by atoms with Gasteiger partial charge in [-0.15, -0.1) is 0 Å². The van der Waals surface area contributed by atoms with Crippen molar-refractivity contribution in [1.82, 2.24) is 34.1 Å². The number of imidazole rings is 2. The molecule has 0 spiro atoms. The van der Waals surface area contributed by atoms with Gasteiger partial charge in [0.25, 0.3) is 5.56 Å². The number of aromatic amines is 1. The second-order valence-electron chi connectivity index (χ2n) is 11.3. The zero-order valence-corrected chi connectivity index (χ0v) is 30.2. The average molecular weight is 783 g/mol. The molecule has 1 amide bonds. The number of carbonyl (C=O) groups is 1. The number of fused-ring (bicyclic) bond motifs is 6. The third-order valence-corrected chi connectivity index (χ3v) is 11.5. The normalized spacial score (nSPS) is 27.4. The average Bonchev–Trinajstić information content (AvgIpc) is 3.75. The molecule has 4 aromatic heterocycles. The highest BCUT2D eigenvalue weighted by atomic mass is 32.5. The van der Waals surface area contributed by atoms with Crippen LogP contribution in [0.25, 0.3) is 27.2 Å². The Morgan fingerprint density at radius 3 is 2.86 bits per heavy atom. The van der Waals surface area contributed by atoms with E-state index in [1.807, 2.05) is 6.07 Å². The number of halogens is 1. The summed E-state index contributed by atoms with van der Waals surface area (Å²) >= 11 is 10.9. The van der Waals surface area contributed by atoms with E-state index in [1.54, 1.807) is 18.4 Å². The second kappa shape index (κ2) is 15.2. The van der Waals surface area contributed by atoms with Crippen molar-refractivity contribution >= 4 is 76.9 Å². The van der Waals surface area contributed by atoms with Crippen LogP contribution in [-0.2, 0) is 68.9 Å². The van der Waals surface area contributed by atoms with Gasteiger partial charge < -0.3 is 32.3 Å². The number of nitrogens with one attached hydrogen (secondary N) is 2. The van der Waals surface area contributed by atoms with Crippen molar-refractivity contribution in [3.63, 3.8) is 0 Å². The summed E-state index contributed by atoms with van der Waals surface area (Å²) in [7, 11) is 0. The van der Waals surface area contributed by atoms with Gasteiger partial charge in [-0.2, -0.15) is 10.2 Å². The smallest absolute Gasteiger partial charge is 0.327 e. The van der Waals surface area contributed by atoms with Crippen molar-refractivity contribution in [1.29, 1.82) is 5.26 Å². The number of amides is 1. The minimum absolute atomic E-state index is 0.0315. The second-order valence-corrected chi connectivity index (χ2v) is 17.2. The van der Waals surface area contributed by atoms with Crippen LogP contribution in [0.5, 0.6) is 0 Å². The number of rotatable bonds is 6. The summed E-state index contributed by atoms with van der Waals surface area (Å²) in [4.78, 5) is 59.5. The molecule has 1 fully saturated rings. The molecular weight excluding hydrogens is 753 g/mol. The third kappa shape index (κ3) is 8.07. The van der Waals surface area contributed by atoms with Gasteiger partial charge in [0.1, 0.15) is 24.6 Å². The van der Waals surface area contributed by atoms with E-state index >= 15 is 4.39 Å². The van der Waals surface area contributed by atoms with Gasteiger partial charge in [-0.3, -0.25) is 29.0 Å². The van der Waals surface area contributed by atoms with Gasteiger partial charge in [0, 0.05) is 18.7 Å². The maximum absolute atomic E-state index is 16.4. The molecule has 2 aliphatic rings. The van der Waals surface area contributed by atoms with Crippen LogP contribution in [0.3, 0.4) is 0 Å². The van der Waals surface area contributed by atoms with Gasteiger partial charge in [0.05, 0.1) is 50.7 Å². The van der Waals surface area contributed by atoms with E-state index in [9.17, 15) is 14.5 Å². The fraction of sp³-hybridized carbons (Fsp3) is 0.481. The number of anilines is 1. The number of H-pyrrole nitrogens is 1. The molecular formula is C27H29FN10O9P2S2. The number of ether oxygens (including phenoxy) is 1. The molecule has 6 heterocycles. The van der Waals surface area contributed by atoms with Crippen LogP contribution in [0, 0.1) is 23.8 Å². The van der Waals surface area contributed by atoms with Crippen LogP contribution < -0.4 is 10.9 Å². The van der Waals surface area contributed by atoms with Crippen molar-refractivity contribution < 1.29 is 41.4 Å². The standard InChI is InChI=1S/C27H29FN10O9P2S2/c1-14(2)24(39)35-27-34-23-20(25(40)36-27)32-13-38(23)26-21-19(28)17(46-26)11-45-49(51,42-7-4-5-29)43-8-6-37-18(12-44-48(41,50)47-21)33-16-9-15(30-3)10-31-22(16)37/h9-10,13-14,17,19,21,26H,4,6-8,11-12H2,1-2H3,(H,41,50)(H2,34,35,36,39,40)/t17-,19-,21-,26-,48?,49?/m1/s1. The predicted molar refractivity (Wildman–Crippen MR) is 183 cm³/mol. The van der Waals surface area contributed by atoms with Gasteiger partial charge in [-0.1, -0.05) is 13.8 Å². The number of pyridine rings is 1. The highest BCUT2D eigenvalue weighted by Crippen LogP contribution is 2.53. The first-order valence-electron chi connectivity index (χ1n) is 15.2. The highest BCUT2D eigenvalue weighted by Gasteiger charge is 2.50. The lowest BCUT2D eigenvalue weighted by Gasteiger charge is -2.25. The van der Waals surface area contributed by atoms with E-state index < -0.39 is 68.6 Å². The van der Waals surface area contributed by atoms with E-state index in [0.717, 1.165) is 6.33 Å². The van der Waals surface area contributed by atoms with Crippen molar-refractivity contribution in [2.24, 2.45) is 5.92 Å². The molecule has 3 N–H and O–H groups in total. The van der Waals surface area contributed by atoms with Crippen molar-refractivity contribution in [3.05, 3.63) is 46.2 Å². The van der Waals surface area contributed by atoms with E-state index in [1.165, 1.54) is 16.8 Å². The van der Waals surface area contributed by atoms with Crippen LogP contribution in [0.15, 0.2) is 23.4 Å². The Morgan fingerprint density at radius 2 is 2.12 bits per heavy atom. The monoisotopic (exact) mass is 782 g/mol. The van der Waals surface area contributed by atoms with Gasteiger partial charge in [-0.05, 0) is 29.7 Å². The molecule has 0 aliphatic carbocycles. The topological polar surface area (TPSA) is 227 Å². The quantitative estimate of drug-likeness (QED) is 0.145. The summed E-state index contributed by atoms with van der Waals surface area (Å²) in [5, 5.41) is 11.6. The van der Waals surface area contributed by atoms with Crippen molar-refractivity contribution in [2.75, 3.05) is 25.1 Å². The summed E-state index contributed by atoms with van der Waals surface area (Å²) in [6.07, 6.45) is -4.15. The minimum Gasteiger partial charge on any atom is -0.346 e. The molecule has 6 atom stereocenters. The fourth-order valence-electron chi connectivity index (χ4n) is 5.10. The van der Waals surface area contributed by atoms with Crippen molar-refractivity contribution in [3.8, 4) is 6.07 Å². The molecule has 2 aliphatic heterocycles. The molecule has 51 heavy (non-hydrogen) atoms. The van der Waals surface area contributed by atoms with Crippen LogP contribution in [0.2, 0.25) is 0 Å². The zero-order valence-electron chi connectivity index (χ0n) is 26.7. The van der Waals surface area contributed by atoms with E-state index in [0.29, 0.717) is 11.2 Å². The fourth-order valence-corrected chi connectivity index (χ4v) is 8.23. The molecule has 6 rings (SSSR count). The van der Waals surface area contributed by atoms with Gasteiger partial charge in [-0.25, -0.2) is 24.2 Å². The molecule has 19 nitrogen and oxygen atoms in total. The van der Waals surface area contributed by atoms with Gasteiger partial charge in [0.15, 0.2) is 29.2 Å². The van der Waals surface area contributed by atoms with Crippen molar-refractivity contribution in [2.45, 2.75) is 58.0 Å². The molecule has 2 bridgehead atoms. The minimum atomic E-state index is -4.29. The molecule has 1 saturated heterocycles. The highest BCUT2D eigenvalue weighted by molar-refractivity contribution is 8.07. The van der Waals surface area contributed by atoms with Gasteiger partial charge in [0.2, 0.25) is 17.5 Å². The molecule has 270 valence electrons. The van der Waals surface area contributed by atoms with Crippen LogP contribution >= 0.6 is 13.4 Å². The number of hydrogen-bond donors (Lipinski definition) is 3. The first kappa shape index (κ1) is 37.1. The lowest BCUT2D eigenvalue weighted by atomic mass is 10.1. The van der Waals surface area contributed by atoms with E-state index in [-0.39, 0.29) is 54.8 Å². The maximum Gasteiger partial charge on any atom is 0.327 e. The number of nitrogens with zero attached hydrogens (tertiary/aromatic N) is 8. The van der Waals surface area contributed by atoms with E-state index in [2.05, 4.69) is 35.1 Å². The largest absolute Gasteiger partial charge is 0.346 e. The molecule has 24 heteroatoms. The number of nitriles is 1. The number of carbonyl (C=O) groups excluding carboxylic acids is 1. The zero-order chi connectivity index (χ0) is 36.5. The summed E-state index contributed by atoms with van der Waals surface area (Å²) < 4.78 is 54.2. The maximum atomic E-state index is 16.4.